The molecule has 1 heterocycles. The maximum Gasteiger partial charge on any atom is 0.223 e. The molecule has 1 aliphatic rings. The third-order valence-corrected chi connectivity index (χ3v) is 3.92. The van der Waals surface area contributed by atoms with E-state index in [9.17, 15) is 9.18 Å². The highest BCUT2D eigenvalue weighted by atomic mass is 19.1. The minimum absolute atomic E-state index is 0.163. The van der Waals surface area contributed by atoms with Crippen molar-refractivity contribution < 1.29 is 9.18 Å². The van der Waals surface area contributed by atoms with Crippen molar-refractivity contribution in [3.63, 3.8) is 0 Å². The zero-order valence-corrected chi connectivity index (χ0v) is 12.4. The Morgan fingerprint density at radius 1 is 1.18 bits per heavy atom. The van der Waals surface area contributed by atoms with Crippen molar-refractivity contribution in [2.45, 2.75) is 38.3 Å². The first kappa shape index (κ1) is 14.7. The van der Waals surface area contributed by atoms with Crippen LogP contribution in [0.2, 0.25) is 0 Å². The molecule has 1 aromatic heterocycles. The Kier molecular flexibility index (Phi) is 4.47. The SMILES string of the molecule is O=C(CCc1ccc(F)cc1)N(Cc1cccnc1)C1CC1. The highest BCUT2D eigenvalue weighted by molar-refractivity contribution is 5.77. The fraction of sp³-hybridized carbons (Fsp3) is 0.333. The van der Waals surface area contributed by atoms with E-state index in [0.29, 0.717) is 25.4 Å². The minimum Gasteiger partial charge on any atom is -0.335 e. The first-order chi connectivity index (χ1) is 10.7. The normalized spacial score (nSPS) is 13.9. The first-order valence-corrected chi connectivity index (χ1v) is 7.65. The van der Waals surface area contributed by atoms with E-state index in [1.807, 2.05) is 23.2 Å². The highest BCUT2D eigenvalue weighted by Gasteiger charge is 2.32. The van der Waals surface area contributed by atoms with E-state index in [0.717, 1.165) is 24.0 Å². The van der Waals surface area contributed by atoms with Crippen molar-refractivity contribution in [1.29, 1.82) is 0 Å². The van der Waals surface area contributed by atoms with E-state index in [1.54, 1.807) is 18.3 Å². The van der Waals surface area contributed by atoms with Gasteiger partial charge in [-0.05, 0) is 48.6 Å². The van der Waals surface area contributed by atoms with Crippen LogP contribution in [0.3, 0.4) is 0 Å². The lowest BCUT2D eigenvalue weighted by molar-refractivity contribution is -0.132. The number of aromatic nitrogens is 1. The van der Waals surface area contributed by atoms with E-state index in [2.05, 4.69) is 4.98 Å². The van der Waals surface area contributed by atoms with Crippen molar-refractivity contribution in [2.24, 2.45) is 0 Å². The fourth-order valence-corrected chi connectivity index (χ4v) is 2.54. The van der Waals surface area contributed by atoms with Gasteiger partial charge in [-0.1, -0.05) is 18.2 Å². The van der Waals surface area contributed by atoms with Gasteiger partial charge < -0.3 is 4.90 Å². The molecular formula is C18H19FN2O. The molecule has 1 amide bonds. The molecule has 1 saturated carbocycles. The number of nitrogens with zero attached hydrogens (tertiary/aromatic N) is 2. The van der Waals surface area contributed by atoms with Crippen LogP contribution in [0.4, 0.5) is 4.39 Å². The number of carbonyl (C=O) groups is 1. The topological polar surface area (TPSA) is 33.2 Å². The maximum absolute atomic E-state index is 12.9. The van der Waals surface area contributed by atoms with Crippen LogP contribution >= 0.6 is 0 Å². The molecule has 1 aliphatic carbocycles. The molecule has 0 atom stereocenters. The van der Waals surface area contributed by atoms with E-state index in [-0.39, 0.29) is 11.7 Å². The van der Waals surface area contributed by atoms with E-state index in [1.165, 1.54) is 12.1 Å². The van der Waals surface area contributed by atoms with Gasteiger partial charge in [0.05, 0.1) is 0 Å². The van der Waals surface area contributed by atoms with Gasteiger partial charge in [-0.3, -0.25) is 9.78 Å². The Labute approximate surface area is 129 Å². The zero-order chi connectivity index (χ0) is 15.4. The second-order valence-electron chi connectivity index (χ2n) is 5.74. The molecule has 0 unspecified atom stereocenters. The van der Waals surface area contributed by atoms with E-state index >= 15 is 0 Å². The summed E-state index contributed by atoms with van der Waals surface area (Å²) < 4.78 is 12.9. The van der Waals surface area contributed by atoms with E-state index < -0.39 is 0 Å². The molecule has 1 aromatic carbocycles. The second kappa shape index (κ2) is 6.69. The van der Waals surface area contributed by atoms with Gasteiger partial charge >= 0.3 is 0 Å². The molecule has 4 heteroatoms. The van der Waals surface area contributed by atoms with Crippen molar-refractivity contribution in [2.75, 3.05) is 0 Å². The fourth-order valence-electron chi connectivity index (χ4n) is 2.54. The number of carbonyl (C=O) groups excluding carboxylic acids is 1. The van der Waals surface area contributed by atoms with Gasteiger partial charge in [-0.15, -0.1) is 0 Å². The summed E-state index contributed by atoms with van der Waals surface area (Å²) in [4.78, 5) is 18.6. The van der Waals surface area contributed by atoms with Gasteiger partial charge in [0.1, 0.15) is 5.82 Å². The summed E-state index contributed by atoms with van der Waals surface area (Å²) in [6.07, 6.45) is 6.83. The Balaban J connectivity index is 1.59. The number of benzene rings is 1. The number of hydrogen-bond acceptors (Lipinski definition) is 2. The first-order valence-electron chi connectivity index (χ1n) is 7.65. The Morgan fingerprint density at radius 3 is 2.59 bits per heavy atom. The Hall–Kier alpha value is -2.23. The van der Waals surface area contributed by atoms with Gasteiger partial charge in [-0.25, -0.2) is 4.39 Å². The zero-order valence-electron chi connectivity index (χ0n) is 12.4. The van der Waals surface area contributed by atoms with Gasteiger partial charge in [0.2, 0.25) is 5.91 Å². The van der Waals surface area contributed by atoms with Crippen molar-refractivity contribution in [3.05, 3.63) is 65.7 Å². The third kappa shape index (κ3) is 3.91. The second-order valence-corrected chi connectivity index (χ2v) is 5.74. The van der Waals surface area contributed by atoms with Crippen LogP contribution in [0, 0.1) is 5.82 Å². The molecule has 3 nitrogen and oxygen atoms in total. The van der Waals surface area contributed by atoms with Gasteiger partial charge in [0, 0.05) is 31.4 Å². The third-order valence-electron chi connectivity index (χ3n) is 3.92. The lowest BCUT2D eigenvalue weighted by Crippen LogP contribution is -2.32. The number of pyridine rings is 1. The van der Waals surface area contributed by atoms with Crippen LogP contribution in [-0.4, -0.2) is 21.8 Å². The Morgan fingerprint density at radius 2 is 1.95 bits per heavy atom. The van der Waals surface area contributed by atoms with Crippen LogP contribution in [0.15, 0.2) is 48.8 Å². The summed E-state index contributed by atoms with van der Waals surface area (Å²) in [5, 5.41) is 0. The quantitative estimate of drug-likeness (QED) is 0.819. The molecule has 0 saturated heterocycles. The molecule has 1 fully saturated rings. The predicted molar refractivity (Wildman–Crippen MR) is 82.5 cm³/mol. The van der Waals surface area contributed by atoms with Crippen LogP contribution in [0.25, 0.3) is 0 Å². The summed E-state index contributed by atoms with van der Waals surface area (Å²) in [5.74, 6) is -0.0815. The molecule has 22 heavy (non-hydrogen) atoms. The number of aryl methyl sites for hydroxylation is 1. The molecule has 2 aromatic rings. The summed E-state index contributed by atoms with van der Waals surface area (Å²) in [5.41, 5.74) is 2.05. The molecule has 0 N–H and O–H groups in total. The number of amides is 1. The van der Waals surface area contributed by atoms with Crippen molar-refractivity contribution in [3.8, 4) is 0 Å². The molecular weight excluding hydrogens is 279 g/mol. The lowest BCUT2D eigenvalue weighted by atomic mass is 10.1. The summed E-state index contributed by atoms with van der Waals surface area (Å²) in [6.45, 7) is 0.626. The molecule has 0 aliphatic heterocycles. The largest absolute Gasteiger partial charge is 0.335 e. The molecule has 3 rings (SSSR count). The molecule has 0 spiro atoms. The summed E-state index contributed by atoms with van der Waals surface area (Å²) >= 11 is 0. The molecule has 114 valence electrons. The summed E-state index contributed by atoms with van der Waals surface area (Å²) in [7, 11) is 0. The smallest absolute Gasteiger partial charge is 0.223 e. The van der Waals surface area contributed by atoms with Crippen LogP contribution in [-0.2, 0) is 17.8 Å². The van der Waals surface area contributed by atoms with Crippen LogP contribution in [0.1, 0.15) is 30.4 Å². The average Bonchev–Trinajstić information content (AvgIpc) is 3.37. The van der Waals surface area contributed by atoms with E-state index in [4.69, 9.17) is 0 Å². The van der Waals surface area contributed by atoms with Crippen LogP contribution < -0.4 is 0 Å². The maximum atomic E-state index is 12.9. The average molecular weight is 298 g/mol. The van der Waals surface area contributed by atoms with Crippen molar-refractivity contribution >= 4 is 5.91 Å². The van der Waals surface area contributed by atoms with Gasteiger partial charge in [0.25, 0.3) is 0 Å². The Bertz CT molecular complexity index is 623. The lowest BCUT2D eigenvalue weighted by Gasteiger charge is -2.22. The van der Waals surface area contributed by atoms with Gasteiger partial charge in [-0.2, -0.15) is 0 Å². The van der Waals surface area contributed by atoms with Crippen molar-refractivity contribution in [1.82, 2.24) is 9.88 Å². The number of halogens is 1. The van der Waals surface area contributed by atoms with Crippen LogP contribution in [0.5, 0.6) is 0 Å². The monoisotopic (exact) mass is 298 g/mol. The summed E-state index contributed by atoms with van der Waals surface area (Å²) in [6, 6.07) is 10.6. The molecule has 0 radical (unpaired) electrons. The predicted octanol–water partition coefficient (Wildman–Crippen LogP) is 3.34. The number of rotatable bonds is 6. The van der Waals surface area contributed by atoms with Gasteiger partial charge in [0.15, 0.2) is 0 Å². The standard InChI is InChI=1S/C18H19FN2O/c19-16-6-3-14(4-7-16)5-10-18(22)21(17-8-9-17)13-15-2-1-11-20-12-15/h1-4,6-7,11-12,17H,5,8-10,13H2. The minimum atomic E-state index is -0.244. The molecule has 0 bridgehead atoms. The number of hydrogen-bond donors (Lipinski definition) is 0. The highest BCUT2D eigenvalue weighted by Crippen LogP contribution is 2.29.